The Labute approximate surface area is 156 Å². The summed E-state index contributed by atoms with van der Waals surface area (Å²) in [6.07, 6.45) is 1.43. The highest BCUT2D eigenvalue weighted by molar-refractivity contribution is 7.94. The van der Waals surface area contributed by atoms with Gasteiger partial charge in [-0.15, -0.1) is 17.9 Å². The van der Waals surface area contributed by atoms with Gasteiger partial charge in [0.1, 0.15) is 4.21 Å². The minimum atomic E-state index is -3.91. The van der Waals surface area contributed by atoms with Gasteiger partial charge in [0.25, 0.3) is 10.0 Å². The van der Waals surface area contributed by atoms with E-state index in [4.69, 9.17) is 14.2 Å². The number of benzene rings is 1. The van der Waals surface area contributed by atoms with Crippen LogP contribution in [0, 0.1) is 0 Å². The third kappa shape index (κ3) is 3.68. The third-order valence-corrected chi connectivity index (χ3v) is 6.66. The van der Waals surface area contributed by atoms with Crippen LogP contribution < -0.4 is 13.8 Å². The smallest absolute Gasteiger partial charge is 0.340 e. The highest BCUT2D eigenvalue weighted by atomic mass is 32.2. The first-order valence-electron chi connectivity index (χ1n) is 7.42. The van der Waals surface area contributed by atoms with Crippen LogP contribution in [-0.4, -0.2) is 42.3 Å². The van der Waals surface area contributed by atoms with Crippen molar-refractivity contribution in [3.8, 4) is 11.5 Å². The summed E-state index contributed by atoms with van der Waals surface area (Å²) in [5, 5.41) is 1.66. The number of methoxy groups -OCH3 is 3. The van der Waals surface area contributed by atoms with Crippen molar-refractivity contribution in [1.29, 1.82) is 0 Å². The van der Waals surface area contributed by atoms with Crippen LogP contribution in [-0.2, 0) is 14.8 Å². The number of hydrogen-bond donors (Lipinski definition) is 0. The molecule has 0 spiro atoms. The fraction of sp³-hybridized carbons (Fsp3) is 0.235. The summed E-state index contributed by atoms with van der Waals surface area (Å²) in [5.74, 6) is -0.134. The Hall–Kier alpha value is -2.52. The highest BCUT2D eigenvalue weighted by Crippen LogP contribution is 2.38. The minimum Gasteiger partial charge on any atom is -0.493 e. The number of nitrogens with zero attached hydrogens (tertiary/aromatic N) is 1. The topological polar surface area (TPSA) is 82.1 Å². The first-order valence-corrected chi connectivity index (χ1v) is 9.74. The van der Waals surface area contributed by atoms with Crippen molar-refractivity contribution >= 4 is 33.0 Å². The van der Waals surface area contributed by atoms with Crippen molar-refractivity contribution < 1.29 is 27.4 Å². The predicted octanol–water partition coefficient (Wildman–Crippen LogP) is 2.93. The lowest BCUT2D eigenvalue weighted by molar-refractivity contribution is 0.0601. The van der Waals surface area contributed by atoms with Crippen LogP contribution in [0.3, 0.4) is 0 Å². The number of thiophene rings is 1. The molecule has 0 amide bonds. The summed E-state index contributed by atoms with van der Waals surface area (Å²) in [4.78, 5) is 12.3. The Morgan fingerprint density at radius 2 is 1.88 bits per heavy atom. The van der Waals surface area contributed by atoms with Gasteiger partial charge >= 0.3 is 5.97 Å². The molecular formula is C17H19NO6S2. The van der Waals surface area contributed by atoms with Gasteiger partial charge in [0, 0.05) is 12.1 Å². The summed E-state index contributed by atoms with van der Waals surface area (Å²) in [6, 6.07) is 5.95. The Balaban J connectivity index is 2.75. The van der Waals surface area contributed by atoms with Crippen molar-refractivity contribution in [2.45, 2.75) is 4.21 Å². The van der Waals surface area contributed by atoms with Gasteiger partial charge in [0.2, 0.25) is 0 Å². The molecule has 26 heavy (non-hydrogen) atoms. The SMILES string of the molecule is C=CCN(c1cc(OC)c(OC)cc1C(=O)OC)S(=O)(=O)c1cccs1. The molecule has 9 heteroatoms. The minimum absolute atomic E-state index is 0.0344. The summed E-state index contributed by atoms with van der Waals surface area (Å²) in [6.45, 7) is 3.58. The van der Waals surface area contributed by atoms with Crippen LogP contribution in [0.15, 0.2) is 46.5 Å². The maximum absolute atomic E-state index is 13.1. The van der Waals surface area contributed by atoms with E-state index in [2.05, 4.69) is 6.58 Å². The fourth-order valence-corrected chi connectivity index (χ4v) is 4.86. The van der Waals surface area contributed by atoms with E-state index in [1.54, 1.807) is 11.4 Å². The van der Waals surface area contributed by atoms with Gasteiger partial charge in [-0.3, -0.25) is 4.31 Å². The van der Waals surface area contributed by atoms with E-state index >= 15 is 0 Å². The Kier molecular flexibility index (Phi) is 6.27. The van der Waals surface area contributed by atoms with Crippen LogP contribution in [0.25, 0.3) is 0 Å². The molecule has 0 aliphatic carbocycles. The fourth-order valence-electron chi connectivity index (χ4n) is 2.31. The second-order valence-electron chi connectivity index (χ2n) is 4.97. The number of anilines is 1. The van der Waals surface area contributed by atoms with Gasteiger partial charge in [-0.1, -0.05) is 12.1 Å². The number of sulfonamides is 1. The lowest BCUT2D eigenvalue weighted by Gasteiger charge is -2.25. The molecule has 7 nitrogen and oxygen atoms in total. The van der Waals surface area contributed by atoms with Gasteiger partial charge in [-0.2, -0.15) is 0 Å². The number of ether oxygens (including phenoxy) is 3. The van der Waals surface area contributed by atoms with E-state index in [-0.39, 0.29) is 33.5 Å². The molecular weight excluding hydrogens is 378 g/mol. The average molecular weight is 397 g/mol. The quantitative estimate of drug-likeness (QED) is 0.503. The molecule has 0 unspecified atom stereocenters. The monoisotopic (exact) mass is 397 g/mol. The summed E-state index contributed by atoms with van der Waals surface area (Å²) in [5.41, 5.74) is 0.148. The number of rotatable bonds is 8. The molecule has 0 aliphatic rings. The van der Waals surface area contributed by atoms with E-state index in [9.17, 15) is 13.2 Å². The van der Waals surface area contributed by atoms with Gasteiger partial charge in [0.15, 0.2) is 11.5 Å². The molecule has 0 N–H and O–H groups in total. The molecule has 0 atom stereocenters. The van der Waals surface area contributed by atoms with Crippen molar-refractivity contribution in [1.82, 2.24) is 0 Å². The van der Waals surface area contributed by atoms with E-state index in [1.165, 1.54) is 45.6 Å². The van der Waals surface area contributed by atoms with Crippen LogP contribution in [0.5, 0.6) is 11.5 Å². The first kappa shape index (κ1) is 19.8. The second-order valence-corrected chi connectivity index (χ2v) is 8.01. The Morgan fingerprint density at radius 3 is 2.38 bits per heavy atom. The average Bonchev–Trinajstić information content (AvgIpc) is 3.20. The van der Waals surface area contributed by atoms with Crippen molar-refractivity contribution in [2.75, 3.05) is 32.2 Å². The Morgan fingerprint density at radius 1 is 1.23 bits per heavy atom. The van der Waals surface area contributed by atoms with E-state index < -0.39 is 16.0 Å². The normalized spacial score (nSPS) is 10.9. The standard InChI is InChI=1S/C17H19NO6S2/c1-5-8-18(26(20,21)16-7-6-9-25-16)13-11-15(23-3)14(22-2)10-12(13)17(19)24-4/h5-7,9-11H,1,8H2,2-4H3. The Bertz CT molecular complexity index is 890. The first-order chi connectivity index (χ1) is 12.4. The van der Waals surface area contributed by atoms with E-state index in [0.29, 0.717) is 0 Å². The lowest BCUT2D eigenvalue weighted by Crippen LogP contribution is -2.32. The molecule has 140 valence electrons. The highest BCUT2D eigenvalue weighted by Gasteiger charge is 2.30. The molecule has 2 rings (SSSR count). The molecule has 0 aliphatic heterocycles. The molecule has 0 saturated heterocycles. The van der Waals surface area contributed by atoms with Crippen molar-refractivity contribution in [3.63, 3.8) is 0 Å². The molecule has 1 aromatic heterocycles. The lowest BCUT2D eigenvalue weighted by atomic mass is 10.1. The van der Waals surface area contributed by atoms with Crippen LogP contribution in [0.1, 0.15) is 10.4 Å². The maximum atomic E-state index is 13.1. The number of hydrogen-bond acceptors (Lipinski definition) is 7. The molecule has 1 aromatic carbocycles. The summed E-state index contributed by atoms with van der Waals surface area (Å²) in [7, 11) is 0.152. The van der Waals surface area contributed by atoms with Crippen molar-refractivity contribution in [2.24, 2.45) is 0 Å². The number of carbonyl (C=O) groups excluding carboxylic acids is 1. The van der Waals surface area contributed by atoms with Gasteiger partial charge in [-0.05, 0) is 11.4 Å². The summed E-state index contributed by atoms with van der Waals surface area (Å²) < 4.78 is 42.6. The number of carbonyl (C=O) groups is 1. The van der Waals surface area contributed by atoms with E-state index in [1.807, 2.05) is 0 Å². The van der Waals surface area contributed by atoms with Crippen LogP contribution >= 0.6 is 11.3 Å². The maximum Gasteiger partial charge on any atom is 0.340 e. The number of esters is 1. The van der Waals surface area contributed by atoms with Gasteiger partial charge in [-0.25, -0.2) is 13.2 Å². The van der Waals surface area contributed by atoms with Gasteiger partial charge < -0.3 is 14.2 Å². The predicted molar refractivity (Wildman–Crippen MR) is 99.9 cm³/mol. The van der Waals surface area contributed by atoms with Crippen molar-refractivity contribution in [3.05, 3.63) is 47.9 Å². The zero-order chi connectivity index (χ0) is 19.3. The molecule has 0 bridgehead atoms. The van der Waals surface area contributed by atoms with Crippen LogP contribution in [0.4, 0.5) is 5.69 Å². The zero-order valence-electron chi connectivity index (χ0n) is 14.6. The zero-order valence-corrected chi connectivity index (χ0v) is 16.2. The van der Waals surface area contributed by atoms with E-state index in [0.717, 1.165) is 15.6 Å². The molecule has 0 saturated carbocycles. The third-order valence-electron chi connectivity index (χ3n) is 3.51. The largest absolute Gasteiger partial charge is 0.493 e. The van der Waals surface area contributed by atoms with Crippen LogP contribution in [0.2, 0.25) is 0 Å². The summed E-state index contributed by atoms with van der Waals surface area (Å²) >= 11 is 1.08. The molecule has 0 radical (unpaired) electrons. The van der Waals surface area contributed by atoms with Gasteiger partial charge in [0.05, 0.1) is 39.1 Å². The molecule has 1 heterocycles. The second kappa shape index (κ2) is 8.24. The molecule has 2 aromatic rings. The molecule has 0 fully saturated rings.